The van der Waals surface area contributed by atoms with E-state index in [1.807, 2.05) is 36.4 Å². The fraction of sp³-hybridized carbons (Fsp3) is 0.105. The number of nitrogens with zero attached hydrogens (tertiary/aromatic N) is 2. The van der Waals surface area contributed by atoms with E-state index in [1.54, 1.807) is 29.6 Å². The summed E-state index contributed by atoms with van der Waals surface area (Å²) in [6.45, 7) is 1.55. The molecule has 0 N–H and O–H groups in total. The van der Waals surface area contributed by atoms with E-state index in [-0.39, 0.29) is 12.5 Å². The highest BCUT2D eigenvalue weighted by Crippen LogP contribution is 2.28. The number of carbonyl (C=O) groups is 2. The predicted molar refractivity (Wildman–Crippen MR) is 96.9 cm³/mol. The molecule has 3 aromatic rings. The van der Waals surface area contributed by atoms with Crippen LogP contribution < -0.4 is 4.90 Å². The van der Waals surface area contributed by atoms with Gasteiger partial charge in [-0.15, -0.1) is 11.3 Å². The van der Waals surface area contributed by atoms with Gasteiger partial charge in [0.05, 0.1) is 16.9 Å². The maximum Gasteiger partial charge on any atom is 0.338 e. The molecule has 0 radical (unpaired) electrons. The van der Waals surface area contributed by atoms with Crippen molar-refractivity contribution >= 4 is 34.0 Å². The second-order valence-electron chi connectivity index (χ2n) is 5.25. The number of hydrogen-bond acceptors (Lipinski definition) is 5. The number of anilines is 2. The Morgan fingerprint density at radius 2 is 1.68 bits per heavy atom. The summed E-state index contributed by atoms with van der Waals surface area (Å²) in [5.41, 5.74) is 1.84. The van der Waals surface area contributed by atoms with Crippen molar-refractivity contribution in [1.82, 2.24) is 4.98 Å². The van der Waals surface area contributed by atoms with Crippen molar-refractivity contribution in [3.8, 4) is 0 Å². The normalized spacial score (nSPS) is 10.3. The molecule has 0 aliphatic rings. The number of para-hydroxylation sites is 1. The highest BCUT2D eigenvalue weighted by Gasteiger charge is 2.18. The molecule has 5 nitrogen and oxygen atoms in total. The minimum atomic E-state index is -0.401. The lowest BCUT2D eigenvalue weighted by molar-refractivity contribution is -0.115. The molecular weight excluding hydrogens is 336 g/mol. The van der Waals surface area contributed by atoms with Gasteiger partial charge in [-0.3, -0.25) is 9.69 Å². The van der Waals surface area contributed by atoms with Crippen LogP contribution >= 0.6 is 11.3 Å². The van der Waals surface area contributed by atoms with Gasteiger partial charge in [0.1, 0.15) is 6.61 Å². The van der Waals surface area contributed by atoms with Crippen LogP contribution in [0.25, 0.3) is 0 Å². The average Bonchev–Trinajstić information content (AvgIpc) is 3.09. The van der Waals surface area contributed by atoms with Crippen molar-refractivity contribution in [3.05, 3.63) is 77.3 Å². The summed E-state index contributed by atoms with van der Waals surface area (Å²) in [4.78, 5) is 29.9. The molecule has 0 saturated carbocycles. The van der Waals surface area contributed by atoms with Crippen LogP contribution in [0.15, 0.2) is 66.0 Å². The van der Waals surface area contributed by atoms with Crippen molar-refractivity contribution in [2.75, 3.05) is 4.90 Å². The van der Waals surface area contributed by atoms with E-state index in [4.69, 9.17) is 4.74 Å². The minimum Gasteiger partial charge on any atom is -0.456 e. The van der Waals surface area contributed by atoms with E-state index in [1.165, 1.54) is 23.2 Å². The summed E-state index contributed by atoms with van der Waals surface area (Å²) in [6.07, 6.45) is 0. The van der Waals surface area contributed by atoms with Gasteiger partial charge in [-0.2, -0.15) is 0 Å². The molecule has 0 spiro atoms. The molecule has 6 heteroatoms. The lowest BCUT2D eigenvalue weighted by atomic mass is 10.2. The van der Waals surface area contributed by atoms with E-state index in [9.17, 15) is 9.59 Å². The van der Waals surface area contributed by atoms with Crippen LogP contribution in [0.2, 0.25) is 0 Å². The smallest absolute Gasteiger partial charge is 0.338 e. The molecule has 1 heterocycles. The van der Waals surface area contributed by atoms with Gasteiger partial charge in [0.2, 0.25) is 5.91 Å². The van der Waals surface area contributed by atoms with E-state index in [0.717, 1.165) is 5.69 Å². The minimum absolute atomic E-state index is 0.0603. The van der Waals surface area contributed by atoms with E-state index in [2.05, 4.69) is 4.98 Å². The van der Waals surface area contributed by atoms with Gasteiger partial charge in [0.25, 0.3) is 0 Å². The van der Waals surface area contributed by atoms with Crippen molar-refractivity contribution in [2.24, 2.45) is 0 Å². The molecule has 0 aliphatic heterocycles. The number of rotatable bonds is 5. The number of carbonyl (C=O) groups excluding carboxylic acids is 2. The van der Waals surface area contributed by atoms with Gasteiger partial charge in [-0.25, -0.2) is 9.78 Å². The quantitative estimate of drug-likeness (QED) is 0.646. The Labute approximate surface area is 149 Å². The number of esters is 1. The second-order valence-corrected chi connectivity index (χ2v) is 6.09. The molecule has 3 rings (SSSR count). The molecule has 1 aromatic heterocycles. The van der Waals surface area contributed by atoms with Gasteiger partial charge >= 0.3 is 5.97 Å². The standard InChI is InChI=1S/C19H16N2O3S/c1-14(22)21(17-10-6-3-7-11-17)19-20-16(13-25-19)12-24-18(23)15-8-4-2-5-9-15/h2-11,13H,12H2,1H3. The number of amides is 1. The SMILES string of the molecule is CC(=O)N(c1ccccc1)c1nc(COC(=O)c2ccccc2)cs1. The summed E-state index contributed by atoms with van der Waals surface area (Å²) in [7, 11) is 0. The molecule has 0 aliphatic carbocycles. The van der Waals surface area contributed by atoms with Crippen molar-refractivity contribution in [1.29, 1.82) is 0 Å². The molecule has 0 bridgehead atoms. The maximum atomic E-state index is 12.0. The van der Waals surface area contributed by atoms with Crippen LogP contribution in [0, 0.1) is 0 Å². The Morgan fingerprint density at radius 1 is 1.04 bits per heavy atom. The Hall–Kier alpha value is -2.99. The molecular formula is C19H16N2O3S. The number of benzene rings is 2. The highest BCUT2D eigenvalue weighted by atomic mass is 32.1. The van der Waals surface area contributed by atoms with Crippen LogP contribution in [-0.2, 0) is 16.1 Å². The fourth-order valence-corrected chi connectivity index (χ4v) is 3.14. The average molecular weight is 352 g/mol. The molecule has 0 unspecified atom stereocenters. The number of ether oxygens (including phenoxy) is 1. The number of thiazole rings is 1. The highest BCUT2D eigenvalue weighted by molar-refractivity contribution is 7.14. The molecule has 2 aromatic carbocycles. The molecule has 0 fully saturated rings. The van der Waals surface area contributed by atoms with E-state index in [0.29, 0.717) is 16.4 Å². The summed E-state index contributed by atoms with van der Waals surface area (Å²) in [6, 6.07) is 18.1. The van der Waals surface area contributed by atoms with E-state index < -0.39 is 5.97 Å². The largest absolute Gasteiger partial charge is 0.456 e. The third kappa shape index (κ3) is 4.10. The number of aromatic nitrogens is 1. The lowest BCUT2D eigenvalue weighted by Gasteiger charge is -2.17. The Bertz CT molecular complexity index is 863. The Morgan fingerprint density at radius 3 is 2.32 bits per heavy atom. The summed E-state index contributed by atoms with van der Waals surface area (Å²) < 4.78 is 5.28. The predicted octanol–water partition coefficient (Wildman–Crippen LogP) is 4.18. The van der Waals surface area contributed by atoms with Gasteiger partial charge in [-0.1, -0.05) is 36.4 Å². The van der Waals surface area contributed by atoms with Gasteiger partial charge in [0.15, 0.2) is 5.13 Å². The first kappa shape index (κ1) is 16.9. The first-order chi connectivity index (χ1) is 12.1. The Kier molecular flexibility index (Phi) is 5.20. The summed E-state index contributed by atoms with van der Waals surface area (Å²) in [5, 5.41) is 2.33. The first-order valence-electron chi connectivity index (χ1n) is 7.67. The molecule has 0 saturated heterocycles. The van der Waals surface area contributed by atoms with Gasteiger partial charge < -0.3 is 4.74 Å². The number of hydrogen-bond donors (Lipinski definition) is 0. The van der Waals surface area contributed by atoms with Crippen LogP contribution in [-0.4, -0.2) is 16.9 Å². The molecule has 25 heavy (non-hydrogen) atoms. The Balaban J connectivity index is 1.71. The third-order valence-corrected chi connectivity index (χ3v) is 4.30. The molecule has 1 amide bonds. The fourth-order valence-electron chi connectivity index (χ4n) is 2.27. The summed E-state index contributed by atoms with van der Waals surface area (Å²) in [5.74, 6) is -0.532. The zero-order valence-electron chi connectivity index (χ0n) is 13.6. The van der Waals surface area contributed by atoms with Crippen LogP contribution in [0.3, 0.4) is 0 Å². The van der Waals surface area contributed by atoms with Crippen LogP contribution in [0.1, 0.15) is 23.0 Å². The van der Waals surface area contributed by atoms with Crippen molar-refractivity contribution in [3.63, 3.8) is 0 Å². The molecule has 126 valence electrons. The third-order valence-electron chi connectivity index (χ3n) is 3.42. The second kappa shape index (κ2) is 7.72. The zero-order chi connectivity index (χ0) is 17.6. The maximum absolute atomic E-state index is 12.0. The first-order valence-corrected chi connectivity index (χ1v) is 8.55. The van der Waals surface area contributed by atoms with Gasteiger partial charge in [0, 0.05) is 12.3 Å². The monoisotopic (exact) mass is 352 g/mol. The van der Waals surface area contributed by atoms with Crippen molar-refractivity contribution < 1.29 is 14.3 Å². The molecule has 0 atom stereocenters. The summed E-state index contributed by atoms with van der Waals surface area (Å²) >= 11 is 1.33. The zero-order valence-corrected chi connectivity index (χ0v) is 14.4. The lowest BCUT2D eigenvalue weighted by Crippen LogP contribution is -2.22. The topological polar surface area (TPSA) is 59.5 Å². The van der Waals surface area contributed by atoms with Gasteiger partial charge in [-0.05, 0) is 24.3 Å². The van der Waals surface area contributed by atoms with Crippen molar-refractivity contribution in [2.45, 2.75) is 13.5 Å². The van der Waals surface area contributed by atoms with Crippen LogP contribution in [0.4, 0.5) is 10.8 Å². The van der Waals surface area contributed by atoms with Crippen LogP contribution in [0.5, 0.6) is 0 Å². The van der Waals surface area contributed by atoms with E-state index >= 15 is 0 Å².